The van der Waals surface area contributed by atoms with E-state index in [0.717, 1.165) is 61.0 Å². The minimum absolute atomic E-state index is 0.0919. The van der Waals surface area contributed by atoms with E-state index in [4.69, 9.17) is 15.6 Å². The van der Waals surface area contributed by atoms with Gasteiger partial charge in [0, 0.05) is 54.7 Å². The zero-order chi connectivity index (χ0) is 45.5. The first-order chi connectivity index (χ1) is 31.5. The Bertz CT molecular complexity index is 2750. The molecular weight excluding hydrogens is 821 g/mol. The lowest BCUT2D eigenvalue weighted by molar-refractivity contribution is -0.137. The molecule has 332 valence electrons. The number of aromatic nitrogens is 4. The van der Waals surface area contributed by atoms with E-state index in [9.17, 15) is 24.4 Å². The number of nitrogen functional groups attached to an aromatic ring is 1. The summed E-state index contributed by atoms with van der Waals surface area (Å²) in [6.45, 7) is 5.82. The first-order valence-electron chi connectivity index (χ1n) is 22.2. The number of nitriles is 1. The topological polar surface area (TPSA) is 201 Å². The van der Waals surface area contributed by atoms with Gasteiger partial charge in [-0.1, -0.05) is 48.9 Å². The second-order valence-corrected chi connectivity index (χ2v) is 17.3. The summed E-state index contributed by atoms with van der Waals surface area (Å²) in [4.78, 5) is 63.3. The fraction of sp³-hybridized carbons (Fsp3) is 0.360. The fourth-order valence-corrected chi connectivity index (χ4v) is 8.78. The number of nitrogens with two attached hydrogens (primary N) is 1. The molecule has 15 nitrogen and oxygen atoms in total. The molecule has 0 radical (unpaired) electrons. The van der Waals surface area contributed by atoms with E-state index >= 15 is 0 Å². The minimum Gasteiger partial charge on any atom is -0.457 e. The average molecular weight is 873 g/mol. The smallest absolute Gasteiger partial charge is 0.264 e. The SMILES string of the molecule is CC(C)(/C=C(/C#N)C(=O)N1CCC[C@@H](n2nc(-c3ccc(Oc4ccccc4)cc3)c3c(N)ncnc32)C1)NCCCCCCC#Cc1cccc2c1CN(C1CCC(=O)NC1=O)C2=O. The van der Waals surface area contributed by atoms with Crippen LogP contribution in [0.25, 0.3) is 22.3 Å². The quantitative estimate of drug-likeness (QED) is 0.0356. The van der Waals surface area contributed by atoms with E-state index in [-0.39, 0.29) is 35.8 Å². The van der Waals surface area contributed by atoms with Crippen molar-refractivity contribution in [2.45, 2.75) is 95.8 Å². The van der Waals surface area contributed by atoms with Crippen LogP contribution in [0.4, 0.5) is 5.82 Å². The Hall–Kier alpha value is -7.36. The first-order valence-corrected chi connectivity index (χ1v) is 22.2. The number of nitrogens with zero attached hydrogens (tertiary/aromatic N) is 7. The van der Waals surface area contributed by atoms with Crippen molar-refractivity contribution in [3.8, 4) is 40.7 Å². The second-order valence-electron chi connectivity index (χ2n) is 17.3. The third-order valence-corrected chi connectivity index (χ3v) is 12.1. The van der Waals surface area contributed by atoms with Gasteiger partial charge in [-0.3, -0.25) is 24.5 Å². The molecule has 5 heterocycles. The van der Waals surface area contributed by atoms with Crippen LogP contribution in [0, 0.1) is 23.2 Å². The molecule has 1 unspecified atom stereocenters. The molecule has 3 aliphatic heterocycles. The predicted molar refractivity (Wildman–Crippen MR) is 245 cm³/mol. The van der Waals surface area contributed by atoms with E-state index in [0.29, 0.717) is 72.9 Å². The van der Waals surface area contributed by atoms with Crippen molar-refractivity contribution in [3.63, 3.8) is 0 Å². The van der Waals surface area contributed by atoms with Crippen LogP contribution in [0.3, 0.4) is 0 Å². The van der Waals surface area contributed by atoms with Crippen molar-refractivity contribution in [1.82, 2.24) is 40.2 Å². The number of ether oxygens (including phenoxy) is 1. The Morgan fingerprint density at radius 1 is 0.985 bits per heavy atom. The Labute approximate surface area is 378 Å². The van der Waals surface area contributed by atoms with E-state index in [2.05, 4.69) is 38.5 Å². The molecule has 2 fully saturated rings. The number of benzene rings is 3. The number of nitrogens with one attached hydrogen (secondary N) is 2. The maximum absolute atomic E-state index is 13.9. The molecule has 0 saturated carbocycles. The average Bonchev–Trinajstić information content (AvgIpc) is 3.87. The van der Waals surface area contributed by atoms with E-state index in [1.807, 2.05) is 85.3 Å². The molecule has 5 aromatic rings. The number of carbonyl (C=O) groups is 4. The van der Waals surface area contributed by atoms with Crippen LogP contribution in [0.1, 0.15) is 99.2 Å². The highest BCUT2D eigenvalue weighted by Crippen LogP contribution is 2.35. The zero-order valence-corrected chi connectivity index (χ0v) is 36.7. The number of piperidine rings is 2. The number of imide groups is 1. The summed E-state index contributed by atoms with van der Waals surface area (Å²) in [5.74, 6) is 6.98. The molecular formula is C50H52N10O5. The Morgan fingerprint density at radius 3 is 2.55 bits per heavy atom. The van der Waals surface area contributed by atoms with Crippen LogP contribution in [-0.2, 0) is 20.9 Å². The molecule has 65 heavy (non-hydrogen) atoms. The van der Waals surface area contributed by atoms with Crippen LogP contribution in [0.2, 0.25) is 0 Å². The highest BCUT2D eigenvalue weighted by atomic mass is 16.5. The number of likely N-dealkylation sites (tertiary alicyclic amines) is 1. The number of carbonyl (C=O) groups excluding carboxylic acids is 4. The summed E-state index contributed by atoms with van der Waals surface area (Å²) in [5.41, 5.74) is 10.1. The van der Waals surface area contributed by atoms with Gasteiger partial charge in [0.05, 0.1) is 11.4 Å². The largest absolute Gasteiger partial charge is 0.457 e. The van der Waals surface area contributed by atoms with Crippen molar-refractivity contribution in [1.29, 1.82) is 5.26 Å². The number of hydrogen-bond acceptors (Lipinski definition) is 11. The molecule has 2 saturated heterocycles. The third kappa shape index (κ3) is 10.1. The number of hydrogen-bond donors (Lipinski definition) is 3. The number of amides is 4. The van der Waals surface area contributed by atoms with Gasteiger partial charge < -0.3 is 25.6 Å². The predicted octanol–water partition coefficient (Wildman–Crippen LogP) is 6.61. The van der Waals surface area contributed by atoms with Crippen molar-refractivity contribution < 1.29 is 23.9 Å². The number of para-hydroxylation sites is 1. The van der Waals surface area contributed by atoms with Crippen LogP contribution in [0.5, 0.6) is 11.5 Å². The summed E-state index contributed by atoms with van der Waals surface area (Å²) in [6.07, 6.45) is 9.70. The van der Waals surface area contributed by atoms with Crippen LogP contribution >= 0.6 is 0 Å². The summed E-state index contributed by atoms with van der Waals surface area (Å²) >= 11 is 0. The van der Waals surface area contributed by atoms with Crippen LogP contribution < -0.4 is 21.1 Å². The first kappa shape index (κ1) is 44.3. The summed E-state index contributed by atoms with van der Waals surface area (Å²) < 4.78 is 7.84. The van der Waals surface area contributed by atoms with Gasteiger partial charge in [0.25, 0.3) is 11.8 Å². The molecule has 4 N–H and O–H groups in total. The van der Waals surface area contributed by atoms with Gasteiger partial charge in [-0.15, -0.1) is 0 Å². The minimum atomic E-state index is -0.658. The van der Waals surface area contributed by atoms with Crippen molar-refractivity contribution in [3.05, 3.63) is 107 Å². The van der Waals surface area contributed by atoms with Gasteiger partial charge in [-0.25, -0.2) is 14.6 Å². The van der Waals surface area contributed by atoms with Crippen molar-refractivity contribution in [2.24, 2.45) is 0 Å². The molecule has 8 rings (SSSR count). The van der Waals surface area contributed by atoms with Crippen molar-refractivity contribution in [2.75, 3.05) is 25.4 Å². The summed E-state index contributed by atoms with van der Waals surface area (Å²) in [5, 5.41) is 21.7. The highest BCUT2D eigenvalue weighted by Gasteiger charge is 2.40. The lowest BCUT2D eigenvalue weighted by Gasteiger charge is -2.33. The maximum Gasteiger partial charge on any atom is 0.264 e. The molecule has 0 aliphatic carbocycles. The summed E-state index contributed by atoms with van der Waals surface area (Å²) in [6, 6.07) is 24.0. The molecule has 2 aromatic heterocycles. The van der Waals surface area contributed by atoms with Crippen LogP contribution in [0.15, 0.2) is 90.8 Å². The van der Waals surface area contributed by atoms with Gasteiger partial charge >= 0.3 is 0 Å². The van der Waals surface area contributed by atoms with E-state index in [1.54, 1.807) is 21.9 Å². The summed E-state index contributed by atoms with van der Waals surface area (Å²) in [7, 11) is 0. The lowest BCUT2D eigenvalue weighted by atomic mass is 9.99. The normalized spacial score (nSPS) is 17.6. The Balaban J connectivity index is 0.819. The lowest BCUT2D eigenvalue weighted by Crippen LogP contribution is -2.52. The monoisotopic (exact) mass is 872 g/mol. The number of unbranched alkanes of at least 4 members (excludes halogenated alkanes) is 4. The third-order valence-electron chi connectivity index (χ3n) is 12.1. The zero-order valence-electron chi connectivity index (χ0n) is 36.7. The number of anilines is 1. The van der Waals surface area contributed by atoms with Crippen molar-refractivity contribution >= 4 is 40.5 Å². The fourth-order valence-electron chi connectivity index (χ4n) is 8.78. The van der Waals surface area contributed by atoms with Crippen LogP contribution in [-0.4, -0.2) is 84.4 Å². The van der Waals surface area contributed by atoms with Gasteiger partial charge in [0.1, 0.15) is 47.0 Å². The molecule has 4 amide bonds. The Kier molecular flexibility index (Phi) is 13.3. The molecule has 2 atom stereocenters. The molecule has 15 heteroatoms. The molecule has 0 spiro atoms. The van der Waals surface area contributed by atoms with Gasteiger partial charge in [0.15, 0.2) is 5.65 Å². The van der Waals surface area contributed by atoms with E-state index in [1.165, 1.54) is 6.33 Å². The Morgan fingerprint density at radius 2 is 1.77 bits per heavy atom. The van der Waals surface area contributed by atoms with E-state index < -0.39 is 17.5 Å². The second kappa shape index (κ2) is 19.6. The standard InChI is InChI=1S/C50H52N10O5/c1-50(2,55-26-11-6-4-3-5-8-14-33-15-12-19-39-40(33)31-59(49(39)64)41-24-25-42(61)56-47(41)62)28-35(29-51)48(63)58-27-13-16-36(30-58)60-46-43(45(52)53-32-54-46)44(57-60)34-20-22-38(23-21-34)65-37-17-9-7-10-18-37/h7,9-10,12,15,17-23,28,32,36,41,55H,3-6,11,13,16,24-27,30-31H2,1-2H3,(H2,52,53,54)(H,56,61,62)/b35-28-/t36-,41?/m1/s1. The highest BCUT2D eigenvalue weighted by molar-refractivity contribution is 6.05. The molecule has 3 aromatic carbocycles. The number of rotatable bonds is 14. The maximum atomic E-state index is 13.9. The van der Waals surface area contributed by atoms with Gasteiger partial charge in [-0.05, 0) is 113 Å². The van der Waals surface area contributed by atoms with Gasteiger partial charge in [0.2, 0.25) is 11.8 Å². The van der Waals surface area contributed by atoms with Gasteiger partial charge in [-0.2, -0.15) is 10.4 Å². The number of fused-ring (bicyclic) bond motifs is 2. The molecule has 3 aliphatic rings. The molecule has 0 bridgehead atoms.